The van der Waals surface area contributed by atoms with Crippen molar-refractivity contribution in [2.24, 2.45) is 5.16 Å². The van der Waals surface area contributed by atoms with Crippen molar-refractivity contribution in [3.63, 3.8) is 0 Å². The minimum absolute atomic E-state index is 0.0902. The third kappa shape index (κ3) is 5.01. The van der Waals surface area contributed by atoms with Gasteiger partial charge in [0, 0.05) is 64.7 Å². The number of urea groups is 1. The summed E-state index contributed by atoms with van der Waals surface area (Å²) in [7, 11) is 0. The number of hydrogen-bond donors (Lipinski definition) is 1. The molecule has 0 saturated carbocycles. The Kier molecular flexibility index (Phi) is 6.71. The van der Waals surface area contributed by atoms with Crippen LogP contribution in [0.4, 0.5) is 16.3 Å². The predicted octanol–water partition coefficient (Wildman–Crippen LogP) is 3.88. The first kappa shape index (κ1) is 23.7. The number of pyridine rings is 1. The van der Waals surface area contributed by atoms with E-state index in [1.807, 2.05) is 18.2 Å². The number of rotatable bonds is 3. The van der Waals surface area contributed by atoms with Crippen molar-refractivity contribution in [3.8, 4) is 0 Å². The summed E-state index contributed by atoms with van der Waals surface area (Å²) in [5, 5.41) is 8.13. The summed E-state index contributed by atoms with van der Waals surface area (Å²) in [6, 6.07) is 10.6. The van der Waals surface area contributed by atoms with E-state index < -0.39 is 5.60 Å². The number of piperazine rings is 1. The van der Waals surface area contributed by atoms with Crippen molar-refractivity contribution in [1.29, 1.82) is 0 Å². The molecule has 0 unspecified atom stereocenters. The Morgan fingerprint density at radius 1 is 0.914 bits per heavy atom. The van der Waals surface area contributed by atoms with Crippen LogP contribution in [0.3, 0.4) is 0 Å². The van der Waals surface area contributed by atoms with Crippen molar-refractivity contribution in [1.82, 2.24) is 14.8 Å². The van der Waals surface area contributed by atoms with Gasteiger partial charge in [-0.1, -0.05) is 40.5 Å². The number of hydrogen-bond acceptors (Lipinski definition) is 6. The van der Waals surface area contributed by atoms with Crippen molar-refractivity contribution < 1.29 is 14.4 Å². The fourth-order valence-electron chi connectivity index (χ4n) is 4.69. The molecule has 0 atom stereocenters. The predicted molar refractivity (Wildman–Crippen MR) is 135 cm³/mol. The highest BCUT2D eigenvalue weighted by molar-refractivity contribution is 6.39. The van der Waals surface area contributed by atoms with E-state index in [2.05, 4.69) is 20.4 Å². The van der Waals surface area contributed by atoms with Gasteiger partial charge in [0.1, 0.15) is 17.1 Å². The van der Waals surface area contributed by atoms with Crippen molar-refractivity contribution >= 4 is 52.4 Å². The molecule has 3 aliphatic rings. The lowest BCUT2D eigenvalue weighted by Gasteiger charge is -2.37. The summed E-state index contributed by atoms with van der Waals surface area (Å²) in [5.41, 5.74) is 0.497. The number of carbonyl (C=O) groups is 2. The minimum atomic E-state index is -0.532. The lowest BCUT2D eigenvalue weighted by molar-refractivity contribution is -0.124. The Labute approximate surface area is 213 Å². The number of amides is 3. The van der Waals surface area contributed by atoms with E-state index >= 15 is 0 Å². The van der Waals surface area contributed by atoms with Crippen molar-refractivity contribution in [2.75, 3.05) is 49.5 Å². The van der Waals surface area contributed by atoms with E-state index in [1.165, 1.54) is 0 Å². The molecule has 0 bridgehead atoms. The molecule has 1 N–H and O–H groups in total. The van der Waals surface area contributed by atoms with Gasteiger partial charge in [-0.05, 0) is 24.3 Å². The molecule has 1 aromatic carbocycles. The van der Waals surface area contributed by atoms with Gasteiger partial charge in [0.15, 0.2) is 0 Å². The number of piperidine rings is 1. The van der Waals surface area contributed by atoms with Crippen molar-refractivity contribution in [2.45, 2.75) is 24.9 Å². The third-order valence-electron chi connectivity index (χ3n) is 6.77. The first-order valence-electron chi connectivity index (χ1n) is 11.6. The van der Waals surface area contributed by atoms with Gasteiger partial charge < -0.3 is 24.9 Å². The van der Waals surface area contributed by atoms with Crippen LogP contribution in [0.1, 0.15) is 19.3 Å². The largest absolute Gasteiger partial charge is 0.388 e. The lowest BCUT2D eigenvalue weighted by atomic mass is 9.86. The number of anilines is 2. The molecule has 0 aliphatic carbocycles. The minimum Gasteiger partial charge on any atom is -0.388 e. The van der Waals surface area contributed by atoms with Crippen LogP contribution in [0.5, 0.6) is 0 Å². The number of nitrogens with zero attached hydrogens (tertiary/aromatic N) is 5. The fourth-order valence-corrected chi connectivity index (χ4v) is 5.12. The number of likely N-dealkylation sites (tertiary alicyclic amines) is 1. The summed E-state index contributed by atoms with van der Waals surface area (Å²) in [5.74, 6) is 0.652. The molecule has 3 amide bonds. The number of nitrogens with one attached hydrogen (secondary N) is 1. The fraction of sp³-hybridized carbons (Fsp3) is 0.417. The van der Waals surface area contributed by atoms with Crippen LogP contribution in [0.15, 0.2) is 47.8 Å². The first-order valence-corrected chi connectivity index (χ1v) is 12.4. The maximum atomic E-state index is 13.1. The molecule has 184 valence electrons. The average molecular weight is 517 g/mol. The molecule has 3 aliphatic heterocycles. The number of oxime groups is 1. The van der Waals surface area contributed by atoms with E-state index in [4.69, 9.17) is 28.0 Å². The van der Waals surface area contributed by atoms with Crippen LogP contribution in [0, 0.1) is 0 Å². The topological polar surface area (TPSA) is 90.4 Å². The molecule has 35 heavy (non-hydrogen) atoms. The monoisotopic (exact) mass is 516 g/mol. The van der Waals surface area contributed by atoms with Gasteiger partial charge in [-0.2, -0.15) is 0 Å². The first-order chi connectivity index (χ1) is 16.9. The molecule has 4 heterocycles. The maximum absolute atomic E-state index is 13.1. The summed E-state index contributed by atoms with van der Waals surface area (Å²) in [4.78, 5) is 41.6. The molecule has 2 aromatic rings. The van der Waals surface area contributed by atoms with Crippen LogP contribution < -0.4 is 10.2 Å². The summed E-state index contributed by atoms with van der Waals surface area (Å²) < 4.78 is 0. The number of benzene rings is 1. The number of para-hydroxylation sites is 1. The Bertz CT molecular complexity index is 1140. The highest BCUT2D eigenvalue weighted by Crippen LogP contribution is 2.35. The van der Waals surface area contributed by atoms with E-state index in [9.17, 15) is 9.59 Å². The Hall–Kier alpha value is -3.04. The highest BCUT2D eigenvalue weighted by atomic mass is 35.5. The second-order valence-corrected chi connectivity index (χ2v) is 9.79. The molecule has 11 heteroatoms. The molecule has 0 radical (unpaired) electrons. The normalized spacial score (nSPS) is 19.4. The van der Waals surface area contributed by atoms with E-state index in [0.717, 1.165) is 5.82 Å². The second kappa shape index (κ2) is 9.91. The summed E-state index contributed by atoms with van der Waals surface area (Å²) in [6.07, 6.45) is 3.39. The van der Waals surface area contributed by atoms with Crippen molar-refractivity contribution in [3.05, 3.63) is 52.6 Å². The van der Waals surface area contributed by atoms with Gasteiger partial charge in [0.2, 0.25) is 0 Å². The van der Waals surface area contributed by atoms with Gasteiger partial charge in [-0.15, -0.1) is 0 Å². The standard InChI is InChI=1S/C24H26Cl2N6O3/c25-17-4-1-2-6-19(17)28-23(34)32-10-7-24(8-11-32)16-20(29-35-24)22(33)31-14-12-30(13-15-31)21-18(26)5-3-9-27-21/h1-6,9H,7-8,10-16H2,(H,28,34). The zero-order valence-corrected chi connectivity index (χ0v) is 20.6. The van der Waals surface area contributed by atoms with Crippen LogP contribution in [-0.4, -0.2) is 77.3 Å². The maximum Gasteiger partial charge on any atom is 0.321 e. The van der Waals surface area contributed by atoms with Crippen LogP contribution in [-0.2, 0) is 9.63 Å². The molecular formula is C24H26Cl2N6O3. The second-order valence-electron chi connectivity index (χ2n) is 8.97. The van der Waals surface area contributed by atoms with E-state index in [0.29, 0.717) is 80.0 Å². The summed E-state index contributed by atoms with van der Waals surface area (Å²) >= 11 is 12.4. The Morgan fingerprint density at radius 3 is 2.34 bits per heavy atom. The van der Waals surface area contributed by atoms with Gasteiger partial charge in [-0.25, -0.2) is 9.78 Å². The van der Waals surface area contributed by atoms with Gasteiger partial charge >= 0.3 is 6.03 Å². The van der Waals surface area contributed by atoms with Crippen LogP contribution in [0.2, 0.25) is 10.0 Å². The smallest absolute Gasteiger partial charge is 0.321 e. The highest BCUT2D eigenvalue weighted by Gasteiger charge is 2.45. The van der Waals surface area contributed by atoms with E-state index in [1.54, 1.807) is 34.2 Å². The zero-order chi connectivity index (χ0) is 24.4. The number of carbonyl (C=O) groups excluding carboxylic acids is 2. The zero-order valence-electron chi connectivity index (χ0n) is 19.1. The van der Waals surface area contributed by atoms with Gasteiger partial charge in [-0.3, -0.25) is 4.79 Å². The SMILES string of the molecule is O=C(Nc1ccccc1Cl)N1CCC2(CC1)CC(C(=O)N1CCN(c3ncccc3Cl)CC1)=NO2. The number of halogens is 2. The average Bonchev–Trinajstić information content (AvgIpc) is 3.29. The van der Waals surface area contributed by atoms with Gasteiger partial charge in [0.25, 0.3) is 5.91 Å². The Balaban J connectivity index is 1.11. The molecule has 9 nitrogen and oxygen atoms in total. The number of aromatic nitrogens is 1. The van der Waals surface area contributed by atoms with Crippen LogP contribution >= 0.6 is 23.2 Å². The molecule has 2 fully saturated rings. The van der Waals surface area contributed by atoms with Crippen LogP contribution in [0.25, 0.3) is 0 Å². The van der Waals surface area contributed by atoms with E-state index in [-0.39, 0.29) is 11.9 Å². The molecule has 5 rings (SSSR count). The third-order valence-corrected chi connectivity index (χ3v) is 7.39. The molecule has 1 aromatic heterocycles. The molecule has 1 spiro atoms. The summed E-state index contributed by atoms with van der Waals surface area (Å²) in [6.45, 7) is 3.45. The molecule has 2 saturated heterocycles. The quantitative estimate of drug-likeness (QED) is 0.668. The molecular weight excluding hydrogens is 491 g/mol. The lowest BCUT2D eigenvalue weighted by Crippen LogP contribution is -2.52. The Morgan fingerprint density at radius 2 is 1.63 bits per heavy atom. The van der Waals surface area contributed by atoms with Gasteiger partial charge in [0.05, 0.1) is 15.7 Å².